The molecule has 4 heteroatoms. The molecule has 0 aromatic rings. The molecule has 1 amide bonds. The topological polar surface area (TPSA) is 32.8 Å². The van der Waals surface area contributed by atoms with Crippen molar-refractivity contribution in [3.05, 3.63) is 0 Å². The first-order valence-corrected chi connectivity index (χ1v) is 7.98. The van der Waals surface area contributed by atoms with Crippen LogP contribution >= 0.6 is 0 Å². The van der Waals surface area contributed by atoms with E-state index in [1.165, 1.54) is 0 Å². The number of carbonyl (C=O) groups excluding carboxylic acids is 1. The van der Waals surface area contributed by atoms with Crippen LogP contribution in [0.4, 0.5) is 4.79 Å². The summed E-state index contributed by atoms with van der Waals surface area (Å²) in [6.07, 6.45) is 4.31. The van der Waals surface area contributed by atoms with Crippen molar-refractivity contribution in [2.75, 3.05) is 19.6 Å². The van der Waals surface area contributed by atoms with E-state index >= 15 is 0 Å². The molecule has 20 heavy (non-hydrogen) atoms. The van der Waals surface area contributed by atoms with Gasteiger partial charge >= 0.3 is 6.09 Å². The van der Waals surface area contributed by atoms with Gasteiger partial charge in [0.15, 0.2) is 0 Å². The van der Waals surface area contributed by atoms with Crippen LogP contribution in [-0.4, -0.2) is 52.7 Å². The van der Waals surface area contributed by atoms with Crippen molar-refractivity contribution < 1.29 is 9.53 Å². The largest absolute Gasteiger partial charge is 0.444 e. The molecule has 116 valence electrons. The molecule has 0 unspecified atom stereocenters. The molecular formula is C16H30N2O2. The third kappa shape index (κ3) is 3.27. The number of rotatable bonds is 1. The summed E-state index contributed by atoms with van der Waals surface area (Å²) >= 11 is 0. The maximum atomic E-state index is 12.4. The first-order valence-electron chi connectivity index (χ1n) is 7.98. The highest BCUT2D eigenvalue weighted by Gasteiger charge is 2.46. The van der Waals surface area contributed by atoms with Crippen LogP contribution in [0.25, 0.3) is 0 Å². The standard InChI is InChI=1S/C16H30N2O2/c1-13(2)17-11-8-16(9-12-17)7-6-10-18(16)14(19)20-15(3,4)5/h13H,6-12H2,1-5H3. The van der Waals surface area contributed by atoms with Gasteiger partial charge in [-0.3, -0.25) is 0 Å². The molecule has 2 saturated heterocycles. The fourth-order valence-electron chi connectivity index (χ4n) is 3.52. The fourth-order valence-corrected chi connectivity index (χ4v) is 3.52. The molecule has 0 atom stereocenters. The Kier molecular flexibility index (Phi) is 4.33. The van der Waals surface area contributed by atoms with Crippen molar-refractivity contribution in [2.45, 2.75) is 77.5 Å². The van der Waals surface area contributed by atoms with Crippen LogP contribution in [0.1, 0.15) is 60.3 Å². The number of hydrogen-bond donors (Lipinski definition) is 0. The van der Waals surface area contributed by atoms with Gasteiger partial charge in [-0.2, -0.15) is 0 Å². The monoisotopic (exact) mass is 282 g/mol. The van der Waals surface area contributed by atoms with Gasteiger partial charge in [0.05, 0.1) is 0 Å². The predicted octanol–water partition coefficient (Wildman–Crippen LogP) is 3.26. The summed E-state index contributed by atoms with van der Waals surface area (Å²) in [5.41, 5.74) is -0.340. The average molecular weight is 282 g/mol. The second-order valence-electron chi connectivity index (χ2n) is 7.59. The Balaban J connectivity index is 2.02. The van der Waals surface area contributed by atoms with Gasteiger partial charge in [0.25, 0.3) is 0 Å². The molecule has 2 aliphatic rings. The van der Waals surface area contributed by atoms with E-state index in [0.717, 1.165) is 45.3 Å². The lowest BCUT2D eigenvalue weighted by Crippen LogP contribution is -2.55. The minimum atomic E-state index is -0.403. The van der Waals surface area contributed by atoms with Crippen LogP contribution in [-0.2, 0) is 4.74 Å². The van der Waals surface area contributed by atoms with E-state index in [1.54, 1.807) is 0 Å². The van der Waals surface area contributed by atoms with E-state index in [4.69, 9.17) is 4.74 Å². The van der Waals surface area contributed by atoms with Gasteiger partial charge in [-0.15, -0.1) is 0 Å². The van der Waals surface area contributed by atoms with E-state index in [2.05, 4.69) is 18.7 Å². The maximum absolute atomic E-state index is 12.4. The van der Waals surface area contributed by atoms with Gasteiger partial charge in [0, 0.05) is 31.2 Å². The van der Waals surface area contributed by atoms with Crippen LogP contribution < -0.4 is 0 Å². The summed E-state index contributed by atoms with van der Waals surface area (Å²) in [4.78, 5) is 17.0. The molecule has 2 heterocycles. The highest BCUT2D eigenvalue weighted by atomic mass is 16.6. The average Bonchev–Trinajstić information content (AvgIpc) is 2.71. The summed E-state index contributed by atoms with van der Waals surface area (Å²) < 4.78 is 5.60. The zero-order chi connectivity index (χ0) is 15.0. The van der Waals surface area contributed by atoms with Crippen LogP contribution in [0.3, 0.4) is 0 Å². The zero-order valence-corrected chi connectivity index (χ0v) is 13.7. The quantitative estimate of drug-likeness (QED) is 0.740. The van der Waals surface area contributed by atoms with Gasteiger partial charge in [0.1, 0.15) is 5.60 Å². The smallest absolute Gasteiger partial charge is 0.410 e. The Hall–Kier alpha value is -0.770. The number of likely N-dealkylation sites (tertiary alicyclic amines) is 2. The van der Waals surface area contributed by atoms with Crippen molar-refractivity contribution >= 4 is 6.09 Å². The molecule has 1 spiro atoms. The number of carbonyl (C=O) groups is 1. The van der Waals surface area contributed by atoms with E-state index in [9.17, 15) is 4.79 Å². The molecule has 2 rings (SSSR count). The van der Waals surface area contributed by atoms with Crippen molar-refractivity contribution in [3.63, 3.8) is 0 Å². The predicted molar refractivity (Wildman–Crippen MR) is 80.8 cm³/mol. The third-order valence-electron chi connectivity index (χ3n) is 4.67. The first-order chi connectivity index (χ1) is 9.23. The molecule has 0 saturated carbocycles. The molecule has 0 aliphatic carbocycles. The number of ether oxygens (including phenoxy) is 1. The van der Waals surface area contributed by atoms with Crippen LogP contribution in [0.5, 0.6) is 0 Å². The van der Waals surface area contributed by atoms with Crippen LogP contribution in [0, 0.1) is 0 Å². The van der Waals surface area contributed by atoms with Gasteiger partial charge in [-0.05, 0) is 60.3 Å². The number of amides is 1. The van der Waals surface area contributed by atoms with Gasteiger partial charge in [0.2, 0.25) is 0 Å². The van der Waals surface area contributed by atoms with Crippen LogP contribution in [0.2, 0.25) is 0 Å². The Morgan fingerprint density at radius 3 is 2.20 bits per heavy atom. The maximum Gasteiger partial charge on any atom is 0.410 e. The molecule has 0 N–H and O–H groups in total. The minimum absolute atomic E-state index is 0.0632. The highest BCUT2D eigenvalue weighted by molar-refractivity contribution is 5.69. The lowest BCUT2D eigenvalue weighted by molar-refractivity contribution is -0.00930. The summed E-state index contributed by atoms with van der Waals surface area (Å²) in [5, 5.41) is 0. The molecule has 0 radical (unpaired) electrons. The molecule has 2 fully saturated rings. The molecule has 4 nitrogen and oxygen atoms in total. The normalized spacial score (nSPS) is 23.6. The molecule has 0 aromatic heterocycles. The number of piperidine rings is 1. The summed E-state index contributed by atoms with van der Waals surface area (Å²) in [6.45, 7) is 13.4. The van der Waals surface area contributed by atoms with E-state index < -0.39 is 5.60 Å². The number of hydrogen-bond acceptors (Lipinski definition) is 3. The van der Waals surface area contributed by atoms with Crippen molar-refractivity contribution in [1.82, 2.24) is 9.80 Å². The van der Waals surface area contributed by atoms with E-state index in [-0.39, 0.29) is 11.6 Å². The van der Waals surface area contributed by atoms with Crippen LogP contribution in [0.15, 0.2) is 0 Å². The van der Waals surface area contributed by atoms with E-state index in [1.807, 2.05) is 25.7 Å². The Morgan fingerprint density at radius 1 is 1.10 bits per heavy atom. The Morgan fingerprint density at radius 2 is 1.70 bits per heavy atom. The van der Waals surface area contributed by atoms with Gasteiger partial charge in [-0.25, -0.2) is 4.79 Å². The molecular weight excluding hydrogens is 252 g/mol. The summed E-state index contributed by atoms with van der Waals surface area (Å²) in [7, 11) is 0. The lowest BCUT2D eigenvalue weighted by atomic mass is 9.84. The van der Waals surface area contributed by atoms with E-state index in [0.29, 0.717) is 6.04 Å². The second kappa shape index (κ2) is 5.55. The molecule has 2 aliphatic heterocycles. The van der Waals surface area contributed by atoms with Crippen molar-refractivity contribution in [2.24, 2.45) is 0 Å². The van der Waals surface area contributed by atoms with Gasteiger partial charge < -0.3 is 14.5 Å². The SMILES string of the molecule is CC(C)N1CCC2(CCCN2C(=O)OC(C)(C)C)CC1. The first kappa shape index (κ1) is 15.6. The fraction of sp³-hybridized carbons (Fsp3) is 0.938. The van der Waals surface area contributed by atoms with Crippen molar-refractivity contribution in [1.29, 1.82) is 0 Å². The zero-order valence-electron chi connectivity index (χ0n) is 13.7. The lowest BCUT2D eigenvalue weighted by Gasteiger charge is -2.46. The highest BCUT2D eigenvalue weighted by Crippen LogP contribution is 2.39. The molecule has 0 bridgehead atoms. The minimum Gasteiger partial charge on any atom is -0.444 e. The summed E-state index contributed by atoms with van der Waals surface area (Å²) in [5.74, 6) is 0. The third-order valence-corrected chi connectivity index (χ3v) is 4.67. The Bertz CT molecular complexity index is 352. The van der Waals surface area contributed by atoms with Gasteiger partial charge in [-0.1, -0.05) is 0 Å². The summed E-state index contributed by atoms with van der Waals surface area (Å²) in [6, 6.07) is 0.601. The molecule has 0 aromatic carbocycles. The second-order valence-corrected chi connectivity index (χ2v) is 7.59. The Labute approximate surface area is 123 Å². The van der Waals surface area contributed by atoms with Crippen molar-refractivity contribution in [3.8, 4) is 0 Å². The number of nitrogens with zero attached hydrogens (tertiary/aromatic N) is 2.